The molecule has 1 aliphatic rings. The Kier molecular flexibility index (Phi) is 4.69. The summed E-state index contributed by atoms with van der Waals surface area (Å²) in [6.45, 7) is 2.06. The van der Waals surface area contributed by atoms with Crippen LogP contribution in [-0.2, 0) is 0 Å². The quantitative estimate of drug-likeness (QED) is 0.743. The summed E-state index contributed by atoms with van der Waals surface area (Å²) in [7, 11) is 0. The fourth-order valence-electron chi connectivity index (χ4n) is 2.20. The average Bonchev–Trinajstić information content (AvgIpc) is 2.83. The molecule has 0 saturated carbocycles. The molecule has 1 N–H and O–H groups in total. The number of hydrogen-bond donors (Lipinski definition) is 1. The molecule has 0 bridgehead atoms. The van der Waals surface area contributed by atoms with Crippen LogP contribution >= 0.6 is 0 Å². The van der Waals surface area contributed by atoms with E-state index in [1.165, 1.54) is 32.2 Å². The van der Waals surface area contributed by atoms with E-state index in [-0.39, 0.29) is 0 Å². The van der Waals surface area contributed by atoms with E-state index in [1.807, 2.05) is 30.3 Å². The lowest BCUT2D eigenvalue weighted by Gasteiger charge is -2.10. The van der Waals surface area contributed by atoms with E-state index in [9.17, 15) is 0 Å². The predicted molar refractivity (Wildman–Crippen MR) is 66.8 cm³/mol. The van der Waals surface area contributed by atoms with Crippen LogP contribution in [0.2, 0.25) is 0 Å². The molecule has 1 saturated heterocycles. The number of hydrogen-bond acceptors (Lipinski definition) is 2. The zero-order valence-corrected chi connectivity index (χ0v) is 9.82. The molecule has 88 valence electrons. The van der Waals surface area contributed by atoms with Gasteiger partial charge in [-0.3, -0.25) is 0 Å². The van der Waals surface area contributed by atoms with Crippen molar-refractivity contribution in [3.8, 4) is 5.75 Å². The molecule has 1 aromatic carbocycles. The Morgan fingerprint density at radius 3 is 2.81 bits per heavy atom. The van der Waals surface area contributed by atoms with E-state index in [0.717, 1.165) is 24.8 Å². The minimum atomic E-state index is 0.775. The van der Waals surface area contributed by atoms with Crippen molar-refractivity contribution < 1.29 is 4.74 Å². The molecular formula is C14H21NO. The van der Waals surface area contributed by atoms with Crippen LogP contribution in [0.25, 0.3) is 0 Å². The summed E-state index contributed by atoms with van der Waals surface area (Å²) in [5.41, 5.74) is 0. The van der Waals surface area contributed by atoms with Crippen molar-refractivity contribution in [1.29, 1.82) is 0 Å². The first kappa shape index (κ1) is 11.5. The van der Waals surface area contributed by atoms with Gasteiger partial charge >= 0.3 is 0 Å². The Morgan fingerprint density at radius 2 is 2.06 bits per heavy atom. The van der Waals surface area contributed by atoms with Crippen LogP contribution in [0, 0.1) is 0 Å². The van der Waals surface area contributed by atoms with Crippen LogP contribution in [0.3, 0.4) is 0 Å². The maximum Gasteiger partial charge on any atom is 0.119 e. The largest absolute Gasteiger partial charge is 0.494 e. The molecule has 1 heterocycles. The van der Waals surface area contributed by atoms with E-state index in [1.54, 1.807) is 0 Å². The van der Waals surface area contributed by atoms with Gasteiger partial charge in [-0.2, -0.15) is 0 Å². The van der Waals surface area contributed by atoms with Crippen molar-refractivity contribution in [2.75, 3.05) is 13.2 Å². The second-order valence-corrected chi connectivity index (χ2v) is 4.45. The van der Waals surface area contributed by atoms with Gasteiger partial charge < -0.3 is 10.1 Å². The predicted octanol–water partition coefficient (Wildman–Crippen LogP) is 2.99. The summed E-state index contributed by atoms with van der Waals surface area (Å²) in [5.74, 6) is 0.987. The molecule has 0 radical (unpaired) electrons. The lowest BCUT2D eigenvalue weighted by atomic mass is 10.1. The summed E-state index contributed by atoms with van der Waals surface area (Å²) in [5, 5.41) is 3.52. The highest BCUT2D eigenvalue weighted by molar-refractivity contribution is 5.20. The molecule has 0 aliphatic carbocycles. The van der Waals surface area contributed by atoms with Gasteiger partial charge in [0.2, 0.25) is 0 Å². The van der Waals surface area contributed by atoms with Crippen LogP contribution in [0.1, 0.15) is 32.1 Å². The van der Waals surface area contributed by atoms with Crippen molar-refractivity contribution in [2.45, 2.75) is 38.1 Å². The number of nitrogens with one attached hydrogen (secondary N) is 1. The third-order valence-electron chi connectivity index (χ3n) is 3.12. The maximum absolute atomic E-state index is 5.65. The van der Waals surface area contributed by atoms with Crippen LogP contribution < -0.4 is 10.1 Å². The van der Waals surface area contributed by atoms with Gasteiger partial charge in [0.25, 0.3) is 0 Å². The zero-order valence-electron chi connectivity index (χ0n) is 9.82. The van der Waals surface area contributed by atoms with Gasteiger partial charge in [0.05, 0.1) is 6.61 Å². The fraction of sp³-hybridized carbons (Fsp3) is 0.571. The molecule has 16 heavy (non-hydrogen) atoms. The Labute approximate surface area is 98.0 Å². The number of para-hydroxylation sites is 1. The van der Waals surface area contributed by atoms with Gasteiger partial charge in [0.1, 0.15) is 5.75 Å². The molecule has 1 aromatic rings. The molecule has 2 heteroatoms. The monoisotopic (exact) mass is 219 g/mol. The summed E-state index contributed by atoms with van der Waals surface area (Å²) in [6.07, 6.45) is 6.44. The SMILES string of the molecule is c1ccc(OCCCCC2CCCN2)cc1. The van der Waals surface area contributed by atoms with Crippen molar-refractivity contribution in [3.63, 3.8) is 0 Å². The van der Waals surface area contributed by atoms with Crippen LogP contribution in [0.4, 0.5) is 0 Å². The number of unbranched alkanes of at least 4 members (excludes halogenated alkanes) is 1. The molecule has 0 amide bonds. The minimum absolute atomic E-state index is 0.775. The third kappa shape index (κ3) is 3.86. The molecule has 0 spiro atoms. The van der Waals surface area contributed by atoms with Gasteiger partial charge in [-0.05, 0) is 50.8 Å². The van der Waals surface area contributed by atoms with Crippen LogP contribution in [-0.4, -0.2) is 19.2 Å². The zero-order chi connectivity index (χ0) is 11.1. The van der Waals surface area contributed by atoms with Crippen LogP contribution in [0.15, 0.2) is 30.3 Å². The van der Waals surface area contributed by atoms with E-state index in [0.29, 0.717) is 0 Å². The first-order chi connectivity index (χ1) is 7.95. The van der Waals surface area contributed by atoms with Gasteiger partial charge in [0, 0.05) is 6.04 Å². The van der Waals surface area contributed by atoms with Gasteiger partial charge in [-0.15, -0.1) is 0 Å². The average molecular weight is 219 g/mol. The molecule has 1 aliphatic heterocycles. The Balaban J connectivity index is 1.52. The molecule has 1 fully saturated rings. The lowest BCUT2D eigenvalue weighted by molar-refractivity contribution is 0.302. The molecule has 2 rings (SSSR count). The Morgan fingerprint density at radius 1 is 1.19 bits per heavy atom. The van der Waals surface area contributed by atoms with Gasteiger partial charge in [-0.1, -0.05) is 18.2 Å². The van der Waals surface area contributed by atoms with Crippen molar-refractivity contribution in [3.05, 3.63) is 30.3 Å². The normalized spacial score (nSPS) is 19.9. The van der Waals surface area contributed by atoms with Crippen molar-refractivity contribution >= 4 is 0 Å². The number of rotatable bonds is 6. The van der Waals surface area contributed by atoms with Gasteiger partial charge in [0.15, 0.2) is 0 Å². The number of benzene rings is 1. The molecule has 1 atom stereocenters. The first-order valence-electron chi connectivity index (χ1n) is 6.36. The first-order valence-corrected chi connectivity index (χ1v) is 6.36. The van der Waals surface area contributed by atoms with E-state index >= 15 is 0 Å². The topological polar surface area (TPSA) is 21.3 Å². The molecule has 1 unspecified atom stereocenters. The molecule has 2 nitrogen and oxygen atoms in total. The third-order valence-corrected chi connectivity index (χ3v) is 3.12. The second kappa shape index (κ2) is 6.54. The highest BCUT2D eigenvalue weighted by atomic mass is 16.5. The summed E-state index contributed by atoms with van der Waals surface area (Å²) < 4.78 is 5.65. The molecule has 0 aromatic heterocycles. The van der Waals surface area contributed by atoms with E-state index < -0.39 is 0 Å². The Hall–Kier alpha value is -1.02. The Bertz CT molecular complexity index is 280. The fourth-order valence-corrected chi connectivity index (χ4v) is 2.20. The summed E-state index contributed by atoms with van der Waals surface area (Å²) in [4.78, 5) is 0. The molecular weight excluding hydrogens is 198 g/mol. The minimum Gasteiger partial charge on any atom is -0.494 e. The summed E-state index contributed by atoms with van der Waals surface area (Å²) in [6, 6.07) is 10.8. The highest BCUT2D eigenvalue weighted by Crippen LogP contribution is 2.13. The van der Waals surface area contributed by atoms with Gasteiger partial charge in [-0.25, -0.2) is 0 Å². The number of ether oxygens (including phenoxy) is 1. The van der Waals surface area contributed by atoms with E-state index in [2.05, 4.69) is 5.32 Å². The van der Waals surface area contributed by atoms with E-state index in [4.69, 9.17) is 4.74 Å². The lowest BCUT2D eigenvalue weighted by Crippen LogP contribution is -2.21. The van der Waals surface area contributed by atoms with Crippen LogP contribution in [0.5, 0.6) is 5.75 Å². The maximum atomic E-state index is 5.65. The van der Waals surface area contributed by atoms with Crippen molar-refractivity contribution in [2.24, 2.45) is 0 Å². The smallest absolute Gasteiger partial charge is 0.119 e. The van der Waals surface area contributed by atoms with Crippen molar-refractivity contribution in [1.82, 2.24) is 5.32 Å². The highest BCUT2D eigenvalue weighted by Gasteiger charge is 2.12. The second-order valence-electron chi connectivity index (χ2n) is 4.45. The standard InChI is InChI=1S/C14H21NO/c1-2-9-14(10-3-1)16-12-5-4-7-13-8-6-11-15-13/h1-3,9-10,13,15H,4-8,11-12H2. The summed E-state index contributed by atoms with van der Waals surface area (Å²) >= 11 is 0.